The molecule has 1 aliphatic rings. The van der Waals surface area contributed by atoms with Gasteiger partial charge in [0, 0.05) is 12.1 Å². The Morgan fingerprint density at radius 3 is 2.28 bits per heavy atom. The lowest BCUT2D eigenvalue weighted by Gasteiger charge is -2.23. The molecule has 1 aliphatic carbocycles. The second kappa shape index (κ2) is 9.07. The van der Waals surface area contributed by atoms with Gasteiger partial charge in [-0.05, 0) is 49.9 Å². The van der Waals surface area contributed by atoms with Gasteiger partial charge in [0.15, 0.2) is 0 Å². The molecule has 2 atom stereocenters. The lowest BCUT2D eigenvalue weighted by molar-refractivity contribution is -0.384. The van der Waals surface area contributed by atoms with E-state index in [4.69, 9.17) is 13.8 Å². The number of esters is 1. The molecule has 0 heterocycles. The van der Waals surface area contributed by atoms with Gasteiger partial charge in [-0.3, -0.25) is 14.9 Å². The van der Waals surface area contributed by atoms with Crippen LogP contribution in [0.15, 0.2) is 54.6 Å². The molecular weight excluding hydrogens is 399 g/mol. The molecule has 1 fully saturated rings. The Hall–Kier alpha value is -2.90. The fraction of sp³-hybridized carbons (Fsp3) is 0.316. The first-order valence-corrected chi connectivity index (χ1v) is 10.6. The summed E-state index contributed by atoms with van der Waals surface area (Å²) in [7, 11) is -4.06. The number of para-hydroxylation sites is 1. The molecule has 0 radical (unpaired) electrons. The van der Waals surface area contributed by atoms with Crippen molar-refractivity contribution in [3.8, 4) is 11.5 Å². The fourth-order valence-corrected chi connectivity index (χ4v) is 3.88. The number of ether oxygens (including phenoxy) is 1. The van der Waals surface area contributed by atoms with Crippen LogP contribution in [0.5, 0.6) is 11.5 Å². The van der Waals surface area contributed by atoms with Gasteiger partial charge in [-0.15, -0.1) is 0 Å². The van der Waals surface area contributed by atoms with Crippen LogP contribution in [0.4, 0.5) is 5.69 Å². The third-order valence-electron chi connectivity index (χ3n) is 4.11. The summed E-state index contributed by atoms with van der Waals surface area (Å²) in [6.07, 6.45) is 2.07. The van der Waals surface area contributed by atoms with Crippen molar-refractivity contribution in [2.75, 3.05) is 6.61 Å². The van der Waals surface area contributed by atoms with Gasteiger partial charge in [0.2, 0.25) is 0 Å². The molecule has 10 heteroatoms. The number of non-ortho nitro benzene ring substituents is 1. The van der Waals surface area contributed by atoms with Crippen LogP contribution >= 0.6 is 7.75 Å². The maximum atomic E-state index is 13.3. The zero-order valence-electron chi connectivity index (χ0n) is 15.7. The molecule has 1 saturated carbocycles. The first-order valence-electron chi connectivity index (χ1n) is 9.08. The summed E-state index contributed by atoms with van der Waals surface area (Å²) in [6.45, 7) is 1.83. The van der Waals surface area contributed by atoms with Gasteiger partial charge in [-0.1, -0.05) is 18.2 Å². The minimum absolute atomic E-state index is 0.0842. The van der Waals surface area contributed by atoms with Crippen molar-refractivity contribution in [1.82, 2.24) is 5.09 Å². The second-order valence-corrected chi connectivity index (χ2v) is 8.29. The zero-order valence-corrected chi connectivity index (χ0v) is 16.6. The topological polar surface area (TPSA) is 117 Å². The number of carbonyl (C=O) groups excluding carboxylic acids is 1. The van der Waals surface area contributed by atoms with Crippen LogP contribution < -0.4 is 14.1 Å². The average molecular weight is 420 g/mol. The standard InChI is InChI=1S/C19H21N2O7P/c1-14(19(22)26-13-15-7-8-15)20-29(25,27-17-5-3-2-4-6-17)28-18-11-9-16(10-12-18)21(23)24/h2-6,9-12,14-15H,7-8,13H2,1H3,(H,20,25)/t14-,29?/m0/s1. The first kappa shape index (κ1) is 20.8. The van der Waals surface area contributed by atoms with E-state index >= 15 is 0 Å². The van der Waals surface area contributed by atoms with Crippen molar-refractivity contribution < 1.29 is 28.1 Å². The molecule has 2 aromatic rings. The lowest BCUT2D eigenvalue weighted by atomic mass is 10.3. The van der Waals surface area contributed by atoms with E-state index in [1.165, 1.54) is 31.2 Å². The zero-order chi connectivity index (χ0) is 20.9. The average Bonchev–Trinajstić information content (AvgIpc) is 3.51. The number of carbonyl (C=O) groups is 1. The molecule has 1 N–H and O–H groups in total. The normalized spacial score (nSPS) is 16.3. The summed E-state index contributed by atoms with van der Waals surface area (Å²) < 4.78 is 29.6. The number of hydrogen-bond donors (Lipinski definition) is 1. The lowest BCUT2D eigenvalue weighted by Crippen LogP contribution is -2.36. The minimum Gasteiger partial charge on any atom is -0.464 e. The smallest absolute Gasteiger partial charge is 0.464 e. The third-order valence-corrected chi connectivity index (χ3v) is 5.71. The molecule has 29 heavy (non-hydrogen) atoms. The van der Waals surface area contributed by atoms with Crippen LogP contribution in [0, 0.1) is 16.0 Å². The molecular formula is C19H21N2O7P. The van der Waals surface area contributed by atoms with Gasteiger partial charge in [0.25, 0.3) is 5.69 Å². The Morgan fingerprint density at radius 1 is 1.14 bits per heavy atom. The van der Waals surface area contributed by atoms with E-state index in [2.05, 4.69) is 5.09 Å². The molecule has 0 saturated heterocycles. The van der Waals surface area contributed by atoms with E-state index in [1.54, 1.807) is 30.3 Å². The van der Waals surface area contributed by atoms with Gasteiger partial charge in [-0.2, -0.15) is 5.09 Å². The Bertz CT molecular complexity index is 901. The largest absolute Gasteiger partial charge is 0.513 e. The predicted molar refractivity (Wildman–Crippen MR) is 105 cm³/mol. The van der Waals surface area contributed by atoms with Gasteiger partial charge in [0.05, 0.1) is 11.5 Å². The van der Waals surface area contributed by atoms with Gasteiger partial charge in [0.1, 0.15) is 17.5 Å². The first-order chi connectivity index (χ1) is 13.8. The molecule has 0 amide bonds. The molecule has 154 valence electrons. The molecule has 1 unspecified atom stereocenters. The molecule has 3 rings (SSSR count). The van der Waals surface area contributed by atoms with Crippen LogP contribution in [0.1, 0.15) is 19.8 Å². The van der Waals surface area contributed by atoms with Crippen molar-refractivity contribution in [3.63, 3.8) is 0 Å². The van der Waals surface area contributed by atoms with Crippen molar-refractivity contribution in [3.05, 3.63) is 64.7 Å². The SMILES string of the molecule is C[C@H](NP(=O)(Oc1ccccc1)Oc1ccc([N+](=O)[O-])cc1)C(=O)OCC1CC1. The van der Waals surface area contributed by atoms with Crippen molar-refractivity contribution in [1.29, 1.82) is 0 Å². The van der Waals surface area contributed by atoms with Gasteiger partial charge < -0.3 is 13.8 Å². The molecule has 0 bridgehead atoms. The Morgan fingerprint density at radius 2 is 1.72 bits per heavy atom. The van der Waals surface area contributed by atoms with E-state index in [0.29, 0.717) is 12.5 Å². The van der Waals surface area contributed by atoms with Gasteiger partial charge >= 0.3 is 13.7 Å². The van der Waals surface area contributed by atoms with E-state index in [9.17, 15) is 19.5 Å². The predicted octanol–water partition coefficient (Wildman–Crippen LogP) is 4.09. The molecule has 0 spiro atoms. The van der Waals surface area contributed by atoms with Crippen LogP contribution in [-0.2, 0) is 14.1 Å². The van der Waals surface area contributed by atoms with Crippen LogP contribution in [-0.4, -0.2) is 23.5 Å². The molecule has 0 aliphatic heterocycles. The molecule has 2 aromatic carbocycles. The van der Waals surface area contributed by atoms with Crippen LogP contribution in [0.2, 0.25) is 0 Å². The number of rotatable bonds is 10. The van der Waals surface area contributed by atoms with E-state index in [-0.39, 0.29) is 17.2 Å². The minimum atomic E-state index is -4.06. The van der Waals surface area contributed by atoms with E-state index < -0.39 is 24.7 Å². The highest BCUT2D eigenvalue weighted by atomic mass is 31.2. The van der Waals surface area contributed by atoms with Gasteiger partial charge in [-0.25, -0.2) is 4.57 Å². The maximum Gasteiger partial charge on any atom is 0.513 e. The maximum absolute atomic E-state index is 13.3. The highest BCUT2D eigenvalue weighted by Gasteiger charge is 2.34. The summed E-state index contributed by atoms with van der Waals surface area (Å²) in [5.41, 5.74) is -0.138. The van der Waals surface area contributed by atoms with Crippen molar-refractivity contribution in [2.24, 2.45) is 5.92 Å². The summed E-state index contributed by atoms with van der Waals surface area (Å²) >= 11 is 0. The summed E-state index contributed by atoms with van der Waals surface area (Å²) in [4.78, 5) is 22.4. The fourth-order valence-electron chi connectivity index (χ4n) is 2.36. The number of nitrogens with zero attached hydrogens (tertiary/aromatic N) is 1. The molecule has 9 nitrogen and oxygen atoms in total. The highest BCUT2D eigenvalue weighted by molar-refractivity contribution is 7.52. The second-order valence-electron chi connectivity index (χ2n) is 6.67. The Kier molecular flexibility index (Phi) is 6.51. The van der Waals surface area contributed by atoms with Crippen molar-refractivity contribution >= 4 is 19.4 Å². The van der Waals surface area contributed by atoms with Crippen molar-refractivity contribution in [2.45, 2.75) is 25.8 Å². The number of hydrogen-bond acceptors (Lipinski definition) is 7. The number of nitro groups is 1. The monoisotopic (exact) mass is 420 g/mol. The quantitative estimate of drug-likeness (QED) is 0.264. The Labute approximate surface area is 167 Å². The van der Waals surface area contributed by atoms with Crippen LogP contribution in [0.3, 0.4) is 0 Å². The summed E-state index contributed by atoms with van der Waals surface area (Å²) in [5, 5.41) is 13.4. The van der Waals surface area contributed by atoms with E-state index in [1.807, 2.05) is 0 Å². The Balaban J connectivity index is 1.73. The van der Waals surface area contributed by atoms with Crippen LogP contribution in [0.25, 0.3) is 0 Å². The number of nitrogens with one attached hydrogen (secondary N) is 1. The number of benzene rings is 2. The highest BCUT2D eigenvalue weighted by Crippen LogP contribution is 2.45. The molecule has 0 aromatic heterocycles. The van der Waals surface area contributed by atoms with E-state index in [0.717, 1.165) is 12.8 Å². The number of nitro benzene ring substituents is 1. The summed E-state index contributed by atoms with van der Waals surface area (Å²) in [6, 6.07) is 12.4. The third kappa shape index (κ3) is 6.30. The summed E-state index contributed by atoms with van der Waals surface area (Å²) in [5.74, 6) is 0.181.